The molecule has 2 aliphatic heterocycles. The maximum absolute atomic E-state index is 13.4. The lowest BCUT2D eigenvalue weighted by Crippen LogP contribution is -2.54. The van der Waals surface area contributed by atoms with E-state index >= 15 is 0 Å². The molecule has 8 heteroatoms. The zero-order chi connectivity index (χ0) is 22.4. The van der Waals surface area contributed by atoms with E-state index in [9.17, 15) is 13.2 Å². The second-order valence-electron chi connectivity index (χ2n) is 9.17. The second kappa shape index (κ2) is 7.88. The van der Waals surface area contributed by atoms with Gasteiger partial charge in [-0.05, 0) is 70.2 Å². The maximum Gasteiger partial charge on any atom is 0.496 e. The van der Waals surface area contributed by atoms with E-state index < -0.39 is 36.1 Å². The molecule has 0 aliphatic carbocycles. The summed E-state index contributed by atoms with van der Waals surface area (Å²) in [5.41, 5.74) is -1.60. The molecule has 3 atom stereocenters. The van der Waals surface area contributed by atoms with Crippen LogP contribution in [0.1, 0.15) is 46.6 Å². The predicted octanol–water partition coefficient (Wildman–Crippen LogP) is 5.15. The minimum absolute atomic E-state index is 0.280. The molecule has 30 heavy (non-hydrogen) atoms. The van der Waals surface area contributed by atoms with Gasteiger partial charge in [0.05, 0.1) is 18.3 Å². The maximum atomic E-state index is 13.4. The van der Waals surface area contributed by atoms with Crippen LogP contribution < -0.4 is 4.74 Å². The minimum Gasteiger partial charge on any atom is -0.497 e. The first-order chi connectivity index (χ1) is 13.8. The van der Waals surface area contributed by atoms with Crippen molar-refractivity contribution in [2.45, 2.75) is 76.4 Å². The van der Waals surface area contributed by atoms with E-state index in [0.29, 0.717) is 12.8 Å². The second-order valence-corrected chi connectivity index (χ2v) is 9.17. The van der Waals surface area contributed by atoms with Gasteiger partial charge in [-0.2, -0.15) is 13.2 Å². The van der Waals surface area contributed by atoms with Crippen molar-refractivity contribution in [3.8, 4) is 5.75 Å². The Morgan fingerprint density at radius 2 is 1.63 bits per heavy atom. The average molecular weight is 426 g/mol. The van der Waals surface area contributed by atoms with E-state index in [0.717, 1.165) is 17.4 Å². The summed E-state index contributed by atoms with van der Waals surface area (Å²) in [7, 11) is 0.670. The first-order valence-electron chi connectivity index (χ1n) is 10.2. The average Bonchev–Trinajstić information content (AvgIpc) is 3.20. The van der Waals surface area contributed by atoms with Gasteiger partial charge in [-0.3, -0.25) is 0 Å². The summed E-state index contributed by atoms with van der Waals surface area (Å²) in [5.74, 6) is 0.480. The molecule has 1 aromatic rings. The van der Waals surface area contributed by atoms with Gasteiger partial charge in [-0.15, -0.1) is 0 Å². The highest BCUT2D eigenvalue weighted by Crippen LogP contribution is 2.47. The molecule has 0 aromatic heterocycles. The number of hydrogen-bond acceptors (Lipinski definition) is 4. The summed E-state index contributed by atoms with van der Waals surface area (Å²) in [4.78, 5) is 0. The topological polar surface area (TPSA) is 36.9 Å². The van der Waals surface area contributed by atoms with Gasteiger partial charge >= 0.3 is 13.3 Å². The van der Waals surface area contributed by atoms with Crippen LogP contribution in [0, 0.1) is 5.92 Å². The summed E-state index contributed by atoms with van der Waals surface area (Å²) < 4.78 is 63.3. The summed E-state index contributed by atoms with van der Waals surface area (Å²) >= 11 is 0. The fraction of sp³-hybridized carbons (Fsp3) is 0.636. The number of hydrogen-bond donors (Lipinski definition) is 0. The molecule has 1 aromatic carbocycles. The first-order valence-corrected chi connectivity index (χ1v) is 10.2. The Morgan fingerprint density at radius 1 is 1.07 bits per heavy atom. The van der Waals surface area contributed by atoms with Crippen LogP contribution in [-0.4, -0.2) is 43.2 Å². The number of alkyl halides is 3. The van der Waals surface area contributed by atoms with Crippen LogP contribution in [0.5, 0.6) is 5.75 Å². The Labute approximate surface area is 176 Å². The third-order valence-corrected chi connectivity index (χ3v) is 6.60. The predicted molar refractivity (Wildman–Crippen MR) is 109 cm³/mol. The van der Waals surface area contributed by atoms with E-state index in [-0.39, 0.29) is 5.92 Å². The molecule has 3 rings (SSSR count). The van der Waals surface area contributed by atoms with Crippen LogP contribution in [-0.2, 0) is 20.5 Å². The molecule has 4 nitrogen and oxygen atoms in total. The quantitative estimate of drug-likeness (QED) is 0.466. The lowest BCUT2D eigenvalue weighted by Gasteiger charge is -2.36. The van der Waals surface area contributed by atoms with Crippen molar-refractivity contribution in [3.63, 3.8) is 0 Å². The molecule has 0 saturated carbocycles. The molecule has 166 valence electrons. The molecule has 0 spiro atoms. The number of aryl methyl sites for hydroxylation is 1. The van der Waals surface area contributed by atoms with Crippen molar-refractivity contribution in [2.75, 3.05) is 7.11 Å². The van der Waals surface area contributed by atoms with Gasteiger partial charge in [0, 0.05) is 0 Å². The summed E-state index contributed by atoms with van der Waals surface area (Å²) in [6.07, 6.45) is -2.61. The molecular formula is C22H30BF3O4. The summed E-state index contributed by atoms with van der Waals surface area (Å²) in [6.45, 7) is 9.40. The zero-order valence-electron chi connectivity index (χ0n) is 18.4. The van der Waals surface area contributed by atoms with E-state index in [1.807, 2.05) is 58.9 Å². The third kappa shape index (κ3) is 4.27. The van der Waals surface area contributed by atoms with Crippen LogP contribution in [0.2, 0.25) is 0 Å². The molecule has 0 amide bonds. The molecule has 2 heterocycles. The highest BCUT2D eigenvalue weighted by atomic mass is 19.4. The largest absolute Gasteiger partial charge is 0.497 e. The molecular weight excluding hydrogens is 396 g/mol. The number of ether oxygens (including phenoxy) is 2. The van der Waals surface area contributed by atoms with E-state index in [1.165, 1.54) is 6.08 Å². The van der Waals surface area contributed by atoms with E-state index in [2.05, 4.69) is 0 Å². The fourth-order valence-electron chi connectivity index (χ4n) is 3.79. The number of rotatable bonds is 6. The van der Waals surface area contributed by atoms with Crippen molar-refractivity contribution in [2.24, 2.45) is 5.92 Å². The van der Waals surface area contributed by atoms with E-state index in [4.69, 9.17) is 18.8 Å². The van der Waals surface area contributed by atoms with Crippen molar-refractivity contribution >= 4 is 7.12 Å². The van der Waals surface area contributed by atoms with Gasteiger partial charge in [0.25, 0.3) is 0 Å². The normalized spacial score (nSPS) is 28.7. The minimum atomic E-state index is -4.49. The van der Waals surface area contributed by atoms with E-state index in [1.54, 1.807) is 7.11 Å². The molecule has 1 fully saturated rings. The monoisotopic (exact) mass is 426 g/mol. The lowest BCUT2D eigenvalue weighted by molar-refractivity contribution is -0.218. The highest BCUT2D eigenvalue weighted by Gasteiger charge is 2.64. The van der Waals surface area contributed by atoms with Crippen molar-refractivity contribution in [1.82, 2.24) is 0 Å². The van der Waals surface area contributed by atoms with Crippen molar-refractivity contribution in [1.29, 1.82) is 0 Å². The molecule has 0 N–H and O–H groups in total. The van der Waals surface area contributed by atoms with Gasteiger partial charge in [-0.25, -0.2) is 0 Å². The van der Waals surface area contributed by atoms with Crippen molar-refractivity contribution < 1.29 is 32.0 Å². The highest BCUT2D eigenvalue weighted by molar-refractivity contribution is 6.50. The Kier molecular flexibility index (Phi) is 6.08. The van der Waals surface area contributed by atoms with Crippen LogP contribution in [0.4, 0.5) is 13.2 Å². The zero-order valence-corrected chi connectivity index (χ0v) is 18.4. The van der Waals surface area contributed by atoms with Crippen LogP contribution in [0.25, 0.3) is 0 Å². The number of methoxy groups -OCH3 is 1. The van der Waals surface area contributed by atoms with Crippen LogP contribution in [0.15, 0.2) is 36.4 Å². The summed E-state index contributed by atoms with van der Waals surface area (Å²) in [6, 6.07) is 7.65. The molecule has 0 radical (unpaired) electrons. The molecule has 1 saturated heterocycles. The Morgan fingerprint density at radius 3 is 2.10 bits per heavy atom. The van der Waals surface area contributed by atoms with Gasteiger partial charge in [0.15, 0.2) is 6.10 Å². The fourth-order valence-corrected chi connectivity index (χ4v) is 3.79. The Balaban J connectivity index is 1.82. The lowest BCUT2D eigenvalue weighted by atomic mass is 9.59. The van der Waals surface area contributed by atoms with Crippen LogP contribution >= 0.6 is 0 Å². The van der Waals surface area contributed by atoms with Gasteiger partial charge < -0.3 is 18.8 Å². The van der Waals surface area contributed by atoms with Crippen molar-refractivity contribution in [3.05, 3.63) is 42.0 Å². The van der Waals surface area contributed by atoms with Gasteiger partial charge in [0.1, 0.15) is 11.2 Å². The summed E-state index contributed by atoms with van der Waals surface area (Å²) in [5, 5.41) is 0. The Hall–Kier alpha value is -1.51. The first kappa shape index (κ1) is 23.2. The SMILES string of the molecule is COc1ccc(CC[C@@H](C)C2(B3OC(C)(C)C(C)(C)O3)C=CC(C(F)(F)F)O2)cc1. The smallest absolute Gasteiger partial charge is 0.496 e. The standard InChI is InChI=1S/C22H30BF3O4/c1-15(7-8-16-9-11-17(27-6)12-10-16)21(14-13-18(28-21)22(24,25)26)23-29-19(2,3)20(4,5)30-23/h9-15,18H,7-8H2,1-6H3/t15-,18?,21?/m1/s1. The Bertz CT molecular complexity index is 760. The number of benzene rings is 1. The third-order valence-electron chi connectivity index (χ3n) is 6.60. The van der Waals surface area contributed by atoms with Gasteiger partial charge in [-0.1, -0.05) is 25.1 Å². The molecule has 2 aliphatic rings. The van der Waals surface area contributed by atoms with Gasteiger partial charge in [0.2, 0.25) is 0 Å². The molecule has 2 unspecified atom stereocenters. The number of halogens is 3. The molecule has 0 bridgehead atoms. The van der Waals surface area contributed by atoms with Crippen LogP contribution in [0.3, 0.4) is 0 Å².